The summed E-state index contributed by atoms with van der Waals surface area (Å²) in [5, 5.41) is 9.64. The maximum atomic E-state index is 13.7. The van der Waals surface area contributed by atoms with Crippen molar-refractivity contribution in [2.45, 2.75) is 44.9 Å². The van der Waals surface area contributed by atoms with Crippen LogP contribution >= 0.6 is 0 Å². The molecular weight excluding hydrogens is 436 g/mol. The lowest BCUT2D eigenvalue weighted by atomic mass is 10.1. The van der Waals surface area contributed by atoms with Crippen molar-refractivity contribution in [1.82, 2.24) is 19.5 Å². The molecule has 0 aliphatic carbocycles. The summed E-state index contributed by atoms with van der Waals surface area (Å²) >= 11 is 0. The fourth-order valence-electron chi connectivity index (χ4n) is 4.12. The first-order valence-corrected chi connectivity index (χ1v) is 10.1. The first-order valence-electron chi connectivity index (χ1n) is 10.1. The van der Waals surface area contributed by atoms with E-state index in [1.54, 1.807) is 21.7 Å². The van der Waals surface area contributed by atoms with Crippen LogP contribution in [-0.2, 0) is 6.18 Å². The molecule has 1 saturated heterocycles. The standard InChI is InChI=1S/C23H18F4N6/c1-4-15-5-7-19(22-29-9-10-32(22)20-8-6-18(24)14(3)31-20)33(15)21-16(12-28)17(23(25,26)27)11-13(2)30-21/h1,6,8-11,15,19H,5,7H2,2-3H3/t15-,19+/m1/s1. The minimum atomic E-state index is -4.73. The van der Waals surface area contributed by atoms with Gasteiger partial charge in [0.2, 0.25) is 0 Å². The van der Waals surface area contributed by atoms with Crippen LogP contribution in [-0.4, -0.2) is 25.6 Å². The highest BCUT2D eigenvalue weighted by atomic mass is 19.4. The average molecular weight is 454 g/mol. The van der Waals surface area contributed by atoms with Crippen molar-refractivity contribution >= 4 is 5.82 Å². The zero-order chi connectivity index (χ0) is 23.9. The quantitative estimate of drug-likeness (QED) is 0.426. The van der Waals surface area contributed by atoms with Gasteiger partial charge in [-0.1, -0.05) is 5.92 Å². The Morgan fingerprint density at radius 2 is 1.94 bits per heavy atom. The van der Waals surface area contributed by atoms with Gasteiger partial charge in [0, 0.05) is 18.1 Å². The predicted octanol–water partition coefficient (Wildman–Crippen LogP) is 4.65. The van der Waals surface area contributed by atoms with Gasteiger partial charge in [0.1, 0.15) is 34.9 Å². The lowest BCUT2D eigenvalue weighted by Gasteiger charge is -2.30. The minimum absolute atomic E-state index is 0.108. The molecule has 0 spiro atoms. The van der Waals surface area contributed by atoms with E-state index in [9.17, 15) is 22.8 Å². The van der Waals surface area contributed by atoms with Crippen molar-refractivity contribution in [2.75, 3.05) is 4.90 Å². The molecule has 33 heavy (non-hydrogen) atoms. The fourth-order valence-corrected chi connectivity index (χ4v) is 4.12. The molecule has 0 unspecified atom stereocenters. The molecule has 0 aromatic carbocycles. The number of terminal acetylenes is 1. The number of nitrogens with zero attached hydrogens (tertiary/aromatic N) is 6. The van der Waals surface area contributed by atoms with E-state index in [1.165, 1.54) is 32.2 Å². The molecule has 168 valence electrons. The topological polar surface area (TPSA) is 70.6 Å². The SMILES string of the molecule is C#C[C@@H]1CC[C@@H](c2nccn2-c2ccc(F)c(C)n2)N1c1nc(C)cc(C(F)(F)F)c1C#N. The van der Waals surface area contributed by atoms with Gasteiger partial charge in [0.15, 0.2) is 0 Å². The Hall–Kier alpha value is -3.92. The van der Waals surface area contributed by atoms with Crippen LogP contribution < -0.4 is 4.90 Å². The van der Waals surface area contributed by atoms with Crippen LogP contribution in [0.4, 0.5) is 23.4 Å². The summed E-state index contributed by atoms with van der Waals surface area (Å²) in [7, 11) is 0. The number of anilines is 1. The lowest BCUT2D eigenvalue weighted by molar-refractivity contribution is -0.137. The summed E-state index contributed by atoms with van der Waals surface area (Å²) in [5.74, 6) is 2.86. The van der Waals surface area contributed by atoms with Crippen LogP contribution in [0.1, 0.15) is 47.2 Å². The summed E-state index contributed by atoms with van der Waals surface area (Å²) in [6.07, 6.45) is 5.06. The van der Waals surface area contributed by atoms with Crippen molar-refractivity contribution < 1.29 is 17.6 Å². The number of hydrogen-bond acceptors (Lipinski definition) is 5. The zero-order valence-corrected chi connectivity index (χ0v) is 17.7. The van der Waals surface area contributed by atoms with Crippen LogP contribution in [0.2, 0.25) is 0 Å². The number of aromatic nitrogens is 4. The molecule has 6 nitrogen and oxygen atoms in total. The van der Waals surface area contributed by atoms with E-state index >= 15 is 0 Å². The van der Waals surface area contributed by atoms with Crippen molar-refractivity contribution in [3.63, 3.8) is 0 Å². The van der Waals surface area contributed by atoms with Crippen LogP contribution in [0.25, 0.3) is 5.82 Å². The van der Waals surface area contributed by atoms with Gasteiger partial charge in [-0.2, -0.15) is 18.4 Å². The van der Waals surface area contributed by atoms with E-state index < -0.39 is 35.2 Å². The summed E-state index contributed by atoms with van der Waals surface area (Å²) in [6, 6.07) is 4.12. The normalized spacial score (nSPS) is 18.2. The van der Waals surface area contributed by atoms with Gasteiger partial charge in [-0.05, 0) is 44.9 Å². The largest absolute Gasteiger partial charge is 0.417 e. The molecule has 0 amide bonds. The van der Waals surface area contributed by atoms with Gasteiger partial charge in [-0.3, -0.25) is 4.57 Å². The lowest BCUT2D eigenvalue weighted by Crippen LogP contribution is -2.34. The highest BCUT2D eigenvalue weighted by Gasteiger charge is 2.42. The third-order valence-corrected chi connectivity index (χ3v) is 5.59. The molecule has 2 atom stereocenters. The number of halogens is 4. The van der Waals surface area contributed by atoms with Crippen LogP contribution in [0, 0.1) is 43.3 Å². The number of nitriles is 1. The highest BCUT2D eigenvalue weighted by molar-refractivity contribution is 5.62. The van der Waals surface area contributed by atoms with E-state index in [0.29, 0.717) is 24.5 Å². The maximum absolute atomic E-state index is 13.7. The van der Waals surface area contributed by atoms with E-state index in [1.807, 2.05) is 0 Å². The number of pyridine rings is 2. The molecule has 1 fully saturated rings. The summed E-state index contributed by atoms with van der Waals surface area (Å²) < 4.78 is 56.4. The molecule has 3 aromatic rings. The Kier molecular flexibility index (Phi) is 5.54. The molecule has 10 heteroatoms. The number of rotatable bonds is 3. The Morgan fingerprint density at radius 3 is 2.58 bits per heavy atom. The van der Waals surface area contributed by atoms with E-state index in [-0.39, 0.29) is 17.2 Å². The Morgan fingerprint density at radius 1 is 1.18 bits per heavy atom. The molecule has 3 aromatic heterocycles. The molecule has 1 aliphatic rings. The Balaban J connectivity index is 1.88. The Bertz CT molecular complexity index is 1300. The average Bonchev–Trinajstić information content (AvgIpc) is 3.40. The van der Waals surface area contributed by atoms with Crippen molar-refractivity contribution in [2.24, 2.45) is 0 Å². The summed E-state index contributed by atoms with van der Waals surface area (Å²) in [5.41, 5.74) is -1.35. The molecular formula is C23H18F4N6. The number of imidazole rings is 1. The molecule has 0 saturated carbocycles. The molecule has 4 rings (SSSR count). The molecule has 0 radical (unpaired) electrons. The molecule has 0 bridgehead atoms. The van der Waals surface area contributed by atoms with Crippen LogP contribution in [0.3, 0.4) is 0 Å². The van der Waals surface area contributed by atoms with Crippen LogP contribution in [0.5, 0.6) is 0 Å². The number of hydrogen-bond donors (Lipinski definition) is 0. The zero-order valence-electron chi connectivity index (χ0n) is 17.7. The van der Waals surface area contributed by atoms with Crippen molar-refractivity contribution in [3.8, 4) is 24.2 Å². The fraction of sp³-hybridized carbons (Fsp3) is 0.304. The van der Waals surface area contributed by atoms with Gasteiger partial charge in [-0.25, -0.2) is 19.3 Å². The highest BCUT2D eigenvalue weighted by Crippen LogP contribution is 2.43. The predicted molar refractivity (Wildman–Crippen MR) is 112 cm³/mol. The number of aryl methyl sites for hydroxylation is 2. The van der Waals surface area contributed by atoms with Gasteiger partial charge in [0.05, 0.1) is 23.3 Å². The van der Waals surface area contributed by atoms with Crippen molar-refractivity contribution in [3.05, 3.63) is 64.7 Å². The van der Waals surface area contributed by atoms with Gasteiger partial charge in [-0.15, -0.1) is 6.42 Å². The second kappa shape index (κ2) is 8.21. The van der Waals surface area contributed by atoms with Gasteiger partial charge < -0.3 is 4.90 Å². The first-order chi connectivity index (χ1) is 15.7. The minimum Gasteiger partial charge on any atom is -0.331 e. The van der Waals surface area contributed by atoms with Gasteiger partial charge in [0.25, 0.3) is 0 Å². The van der Waals surface area contributed by atoms with Gasteiger partial charge >= 0.3 is 6.18 Å². The second-order valence-electron chi connectivity index (χ2n) is 7.69. The Labute approximate surface area is 187 Å². The first kappa shape index (κ1) is 22.3. The molecule has 1 aliphatic heterocycles. The van der Waals surface area contributed by atoms with Crippen LogP contribution in [0.15, 0.2) is 30.6 Å². The van der Waals surface area contributed by atoms with E-state index in [2.05, 4.69) is 20.9 Å². The maximum Gasteiger partial charge on any atom is 0.417 e. The number of alkyl halides is 3. The second-order valence-corrected chi connectivity index (χ2v) is 7.69. The monoisotopic (exact) mass is 454 g/mol. The molecule has 4 heterocycles. The van der Waals surface area contributed by atoms with E-state index in [4.69, 9.17) is 6.42 Å². The third kappa shape index (κ3) is 3.89. The molecule has 0 N–H and O–H groups in total. The smallest absolute Gasteiger partial charge is 0.331 e. The van der Waals surface area contributed by atoms with E-state index in [0.717, 1.165) is 6.07 Å². The third-order valence-electron chi connectivity index (χ3n) is 5.59. The summed E-state index contributed by atoms with van der Waals surface area (Å²) in [6.45, 7) is 2.96. The van der Waals surface area contributed by atoms with Crippen molar-refractivity contribution in [1.29, 1.82) is 5.26 Å². The summed E-state index contributed by atoms with van der Waals surface area (Å²) in [4.78, 5) is 14.5.